The van der Waals surface area contributed by atoms with Crippen molar-refractivity contribution in [2.75, 3.05) is 0 Å². The Hall–Kier alpha value is -3.68. The smallest absolute Gasteiger partial charge is 0.311 e. The number of hydrazone groups is 1. The average molecular weight is 339 g/mol. The summed E-state index contributed by atoms with van der Waals surface area (Å²) in [7, 11) is 0. The Labute approximate surface area is 141 Å². The number of aromatic hydroxyl groups is 1. The summed E-state index contributed by atoms with van der Waals surface area (Å²) in [4.78, 5) is 22.3. The van der Waals surface area contributed by atoms with Crippen molar-refractivity contribution < 1.29 is 19.2 Å². The molecule has 0 bridgehead atoms. The minimum absolute atomic E-state index is 0.148. The summed E-state index contributed by atoms with van der Waals surface area (Å²) in [5.74, 6) is -0.822. The molecular weight excluding hydrogens is 326 g/mol. The first-order valence-electron chi connectivity index (χ1n) is 7.26. The first-order valence-corrected chi connectivity index (χ1v) is 7.26. The molecule has 0 radical (unpaired) electrons. The Morgan fingerprint density at radius 2 is 2.08 bits per heavy atom. The summed E-state index contributed by atoms with van der Waals surface area (Å²) in [6.45, 7) is 1.77. The Bertz CT molecular complexity index is 1010. The van der Waals surface area contributed by atoms with E-state index in [1.54, 1.807) is 13.0 Å². The van der Waals surface area contributed by atoms with Crippen LogP contribution in [0.3, 0.4) is 0 Å². The lowest BCUT2D eigenvalue weighted by molar-refractivity contribution is -0.385. The van der Waals surface area contributed by atoms with Gasteiger partial charge in [-0.1, -0.05) is 18.2 Å². The van der Waals surface area contributed by atoms with Crippen LogP contribution in [0.15, 0.2) is 52.0 Å². The number of aryl methyl sites for hydroxylation is 1. The van der Waals surface area contributed by atoms with Gasteiger partial charge in [-0.3, -0.25) is 14.9 Å². The second-order valence-corrected chi connectivity index (χ2v) is 5.26. The number of benzene rings is 2. The summed E-state index contributed by atoms with van der Waals surface area (Å²) in [5.41, 5.74) is 3.53. The number of phenolic OH excluding ortho intramolecular Hbond substituents is 1. The molecule has 0 aliphatic heterocycles. The normalized spacial score (nSPS) is 11.1. The molecule has 2 N–H and O–H groups in total. The van der Waals surface area contributed by atoms with E-state index in [9.17, 15) is 20.0 Å². The number of para-hydroxylation sites is 1. The summed E-state index contributed by atoms with van der Waals surface area (Å²) in [5, 5.41) is 24.8. The SMILES string of the molecule is Cc1c(C(=O)N/N=C/c2ccc(O)c([N+](=O)[O-])c2)oc2ccccc12. The van der Waals surface area contributed by atoms with Gasteiger partial charge in [0.25, 0.3) is 0 Å². The number of hydrogen-bond acceptors (Lipinski definition) is 6. The van der Waals surface area contributed by atoms with Gasteiger partial charge in [0.15, 0.2) is 11.5 Å². The fourth-order valence-corrected chi connectivity index (χ4v) is 2.37. The second-order valence-electron chi connectivity index (χ2n) is 5.26. The van der Waals surface area contributed by atoms with Crippen LogP contribution < -0.4 is 5.43 Å². The summed E-state index contributed by atoms with van der Waals surface area (Å²) >= 11 is 0. The number of nitrogens with zero attached hydrogens (tertiary/aromatic N) is 2. The molecule has 0 aliphatic carbocycles. The third-order valence-corrected chi connectivity index (χ3v) is 3.63. The molecule has 0 fully saturated rings. The number of carbonyl (C=O) groups is 1. The zero-order valence-electron chi connectivity index (χ0n) is 13.1. The number of carbonyl (C=O) groups excluding carboxylic acids is 1. The molecule has 1 amide bonds. The molecule has 2 aromatic carbocycles. The molecule has 0 atom stereocenters. The number of rotatable bonds is 4. The van der Waals surface area contributed by atoms with Crippen LogP contribution in [0.4, 0.5) is 5.69 Å². The molecule has 126 valence electrons. The van der Waals surface area contributed by atoms with E-state index in [1.807, 2.05) is 18.2 Å². The molecule has 8 nitrogen and oxygen atoms in total. The lowest BCUT2D eigenvalue weighted by Gasteiger charge is -1.99. The predicted molar refractivity (Wildman–Crippen MR) is 90.8 cm³/mol. The zero-order chi connectivity index (χ0) is 18.0. The van der Waals surface area contributed by atoms with Gasteiger partial charge in [0, 0.05) is 22.6 Å². The molecule has 3 aromatic rings. The molecule has 25 heavy (non-hydrogen) atoms. The molecule has 1 heterocycles. The molecular formula is C17H13N3O5. The summed E-state index contributed by atoms with van der Waals surface area (Å²) in [6.07, 6.45) is 1.24. The van der Waals surface area contributed by atoms with Crippen molar-refractivity contribution in [2.24, 2.45) is 5.10 Å². The number of furan rings is 1. The zero-order valence-corrected chi connectivity index (χ0v) is 13.1. The van der Waals surface area contributed by atoms with Gasteiger partial charge < -0.3 is 9.52 Å². The number of hydrogen-bond donors (Lipinski definition) is 2. The number of fused-ring (bicyclic) bond motifs is 1. The molecule has 0 saturated carbocycles. The van der Waals surface area contributed by atoms with E-state index in [0.717, 1.165) is 11.5 Å². The molecule has 0 spiro atoms. The highest BCUT2D eigenvalue weighted by Gasteiger charge is 2.17. The van der Waals surface area contributed by atoms with Crippen molar-refractivity contribution in [3.8, 4) is 5.75 Å². The standard InChI is InChI=1S/C17H13N3O5/c1-10-12-4-2-3-5-15(12)25-16(10)17(22)19-18-9-11-6-7-14(21)13(8-11)20(23)24/h2-9,21H,1H3,(H,19,22)/b18-9+. The first-order chi connectivity index (χ1) is 12.0. The van der Waals surface area contributed by atoms with E-state index in [0.29, 0.717) is 16.7 Å². The van der Waals surface area contributed by atoms with E-state index in [-0.39, 0.29) is 5.76 Å². The van der Waals surface area contributed by atoms with E-state index >= 15 is 0 Å². The highest BCUT2D eigenvalue weighted by Crippen LogP contribution is 2.26. The van der Waals surface area contributed by atoms with Crippen LogP contribution >= 0.6 is 0 Å². The number of nitro groups is 1. The lowest BCUT2D eigenvalue weighted by Crippen LogP contribution is -2.17. The van der Waals surface area contributed by atoms with Crippen LogP contribution in [0.2, 0.25) is 0 Å². The van der Waals surface area contributed by atoms with Crippen LogP contribution in [0.25, 0.3) is 11.0 Å². The van der Waals surface area contributed by atoms with Gasteiger partial charge in [0.2, 0.25) is 0 Å². The Kier molecular flexibility index (Phi) is 4.17. The van der Waals surface area contributed by atoms with Crippen molar-refractivity contribution >= 4 is 28.8 Å². The van der Waals surface area contributed by atoms with Gasteiger partial charge >= 0.3 is 11.6 Å². The molecule has 3 rings (SSSR count). The number of phenols is 1. The molecule has 1 aromatic heterocycles. The maximum Gasteiger partial charge on any atom is 0.311 e. The van der Waals surface area contributed by atoms with Crippen molar-refractivity contribution in [1.29, 1.82) is 0 Å². The summed E-state index contributed by atoms with van der Waals surface area (Å²) < 4.78 is 5.52. The number of amides is 1. The molecule has 0 aliphatic rings. The maximum absolute atomic E-state index is 12.2. The van der Waals surface area contributed by atoms with Crippen LogP contribution in [0.5, 0.6) is 5.75 Å². The van der Waals surface area contributed by atoms with Crippen LogP contribution in [-0.2, 0) is 0 Å². The van der Waals surface area contributed by atoms with E-state index in [1.165, 1.54) is 18.3 Å². The maximum atomic E-state index is 12.2. The van der Waals surface area contributed by atoms with Crippen molar-refractivity contribution in [3.05, 3.63) is 69.5 Å². The fourth-order valence-electron chi connectivity index (χ4n) is 2.37. The largest absolute Gasteiger partial charge is 0.502 e. The second kappa shape index (κ2) is 6.44. The van der Waals surface area contributed by atoms with Crippen LogP contribution in [-0.4, -0.2) is 22.2 Å². The van der Waals surface area contributed by atoms with Crippen molar-refractivity contribution in [3.63, 3.8) is 0 Å². The Balaban J connectivity index is 1.77. The molecule has 0 saturated heterocycles. The van der Waals surface area contributed by atoms with Crippen LogP contribution in [0.1, 0.15) is 21.7 Å². The van der Waals surface area contributed by atoms with E-state index in [4.69, 9.17) is 4.42 Å². The lowest BCUT2D eigenvalue weighted by atomic mass is 10.1. The first kappa shape index (κ1) is 16.2. The Morgan fingerprint density at radius 1 is 1.32 bits per heavy atom. The van der Waals surface area contributed by atoms with E-state index in [2.05, 4.69) is 10.5 Å². The molecule has 8 heteroatoms. The van der Waals surface area contributed by atoms with Gasteiger partial charge in [-0.05, 0) is 25.1 Å². The van der Waals surface area contributed by atoms with Gasteiger partial charge in [-0.2, -0.15) is 5.10 Å². The topological polar surface area (TPSA) is 118 Å². The van der Waals surface area contributed by atoms with Gasteiger partial charge in [-0.15, -0.1) is 0 Å². The van der Waals surface area contributed by atoms with Gasteiger partial charge in [-0.25, -0.2) is 5.43 Å². The molecule has 0 unspecified atom stereocenters. The number of nitro benzene ring substituents is 1. The average Bonchev–Trinajstić information content (AvgIpc) is 2.93. The third kappa shape index (κ3) is 3.18. The van der Waals surface area contributed by atoms with Gasteiger partial charge in [0.1, 0.15) is 5.58 Å². The van der Waals surface area contributed by atoms with Crippen molar-refractivity contribution in [1.82, 2.24) is 5.43 Å². The van der Waals surface area contributed by atoms with E-state index < -0.39 is 22.3 Å². The predicted octanol–water partition coefficient (Wildman–Crippen LogP) is 3.12. The van der Waals surface area contributed by atoms with Crippen LogP contribution in [0, 0.1) is 17.0 Å². The highest BCUT2D eigenvalue weighted by atomic mass is 16.6. The Morgan fingerprint density at radius 3 is 2.80 bits per heavy atom. The third-order valence-electron chi connectivity index (χ3n) is 3.63. The highest BCUT2D eigenvalue weighted by molar-refractivity contribution is 5.99. The van der Waals surface area contributed by atoms with Gasteiger partial charge in [0.05, 0.1) is 11.1 Å². The van der Waals surface area contributed by atoms with Crippen molar-refractivity contribution in [2.45, 2.75) is 6.92 Å². The minimum Gasteiger partial charge on any atom is -0.502 e. The fraction of sp³-hybridized carbons (Fsp3) is 0.0588. The summed E-state index contributed by atoms with van der Waals surface area (Å²) in [6, 6.07) is 11.0. The monoisotopic (exact) mass is 339 g/mol. The quantitative estimate of drug-likeness (QED) is 0.430. The number of nitrogens with one attached hydrogen (secondary N) is 1. The minimum atomic E-state index is -0.705.